The van der Waals surface area contributed by atoms with Crippen molar-refractivity contribution in [1.82, 2.24) is 9.29 Å². The zero-order chi connectivity index (χ0) is 15.2. The maximum absolute atomic E-state index is 12.3. The van der Waals surface area contributed by atoms with Gasteiger partial charge in [0.05, 0.1) is 0 Å². The van der Waals surface area contributed by atoms with Crippen molar-refractivity contribution in [3.63, 3.8) is 0 Å². The van der Waals surface area contributed by atoms with Gasteiger partial charge in [-0.25, -0.2) is 13.4 Å². The van der Waals surface area contributed by atoms with Crippen LogP contribution in [0.5, 0.6) is 0 Å². The lowest BCUT2D eigenvalue weighted by molar-refractivity contribution is 0.445. The first-order valence-corrected chi connectivity index (χ1v) is 8.15. The van der Waals surface area contributed by atoms with Crippen LogP contribution in [0, 0.1) is 0 Å². The second-order valence-electron chi connectivity index (χ2n) is 4.28. The number of pyridine rings is 1. The van der Waals surface area contributed by atoms with E-state index in [1.54, 1.807) is 12.1 Å². The van der Waals surface area contributed by atoms with Crippen LogP contribution in [-0.2, 0) is 10.0 Å². The molecule has 1 heterocycles. The highest BCUT2D eigenvalue weighted by atomic mass is 32.2. The average Bonchev–Trinajstić information content (AvgIpc) is 2.46. The van der Waals surface area contributed by atoms with Crippen molar-refractivity contribution in [2.24, 2.45) is 5.10 Å². The number of hydrogen-bond donors (Lipinski definition) is 1. The van der Waals surface area contributed by atoms with E-state index in [0.717, 1.165) is 12.1 Å². The second kappa shape index (κ2) is 7.35. The Morgan fingerprint density at radius 3 is 2.40 bits per heavy atom. The van der Waals surface area contributed by atoms with Crippen LogP contribution in [0.25, 0.3) is 0 Å². The van der Waals surface area contributed by atoms with E-state index in [4.69, 9.17) is 0 Å². The maximum atomic E-state index is 12.3. The lowest BCUT2D eigenvalue weighted by Crippen LogP contribution is -2.30. The molecule has 7 heteroatoms. The minimum Gasteiger partial charge on any atom is -0.261 e. The summed E-state index contributed by atoms with van der Waals surface area (Å²) in [5.41, 5.74) is 3.75. The second-order valence-corrected chi connectivity index (χ2v) is 6.22. The summed E-state index contributed by atoms with van der Waals surface area (Å²) >= 11 is 0. The topological polar surface area (TPSA) is 74.7 Å². The van der Waals surface area contributed by atoms with E-state index < -0.39 is 10.0 Å². The predicted molar refractivity (Wildman–Crippen MR) is 81.4 cm³/mol. The summed E-state index contributed by atoms with van der Waals surface area (Å²) in [5.74, 6) is 0.524. The van der Waals surface area contributed by atoms with E-state index in [1.807, 2.05) is 27.7 Å². The van der Waals surface area contributed by atoms with Crippen molar-refractivity contribution in [3.05, 3.63) is 18.3 Å². The Balaban J connectivity index is 2.91. The first-order valence-electron chi connectivity index (χ1n) is 6.71. The zero-order valence-electron chi connectivity index (χ0n) is 12.4. The van der Waals surface area contributed by atoms with Gasteiger partial charge >= 0.3 is 0 Å². The number of hydrazone groups is 1. The molecule has 0 saturated carbocycles. The molecule has 1 aromatic heterocycles. The number of aromatic nitrogens is 1. The quantitative estimate of drug-likeness (QED) is 0.619. The molecule has 6 nitrogen and oxygen atoms in total. The minimum atomic E-state index is -3.45. The highest BCUT2D eigenvalue weighted by Crippen LogP contribution is 2.16. The van der Waals surface area contributed by atoms with Gasteiger partial charge in [0, 0.05) is 25.0 Å². The average molecular weight is 298 g/mol. The molecule has 112 valence electrons. The van der Waals surface area contributed by atoms with Gasteiger partial charge in [-0.15, -0.1) is 0 Å². The molecule has 0 aromatic carbocycles. The molecule has 1 aromatic rings. The highest BCUT2D eigenvalue weighted by Gasteiger charge is 2.21. The van der Waals surface area contributed by atoms with Gasteiger partial charge in [0.15, 0.2) is 0 Å². The molecule has 0 aliphatic heterocycles. The van der Waals surface area contributed by atoms with Gasteiger partial charge < -0.3 is 0 Å². The van der Waals surface area contributed by atoms with Crippen LogP contribution in [-0.4, -0.2) is 36.5 Å². The van der Waals surface area contributed by atoms with Crippen LogP contribution < -0.4 is 5.43 Å². The lowest BCUT2D eigenvalue weighted by Gasteiger charge is -2.18. The maximum Gasteiger partial charge on any atom is 0.244 e. The van der Waals surface area contributed by atoms with E-state index in [0.29, 0.717) is 18.9 Å². The number of rotatable bonds is 7. The van der Waals surface area contributed by atoms with Crippen LogP contribution in [0.2, 0.25) is 0 Å². The van der Waals surface area contributed by atoms with Gasteiger partial charge in [-0.3, -0.25) is 5.43 Å². The van der Waals surface area contributed by atoms with Crippen molar-refractivity contribution in [1.29, 1.82) is 0 Å². The molecule has 0 aliphatic rings. The molecule has 0 bridgehead atoms. The van der Waals surface area contributed by atoms with Crippen LogP contribution in [0.3, 0.4) is 0 Å². The van der Waals surface area contributed by atoms with Crippen LogP contribution in [0.15, 0.2) is 28.3 Å². The Kier molecular flexibility index (Phi) is 6.09. The van der Waals surface area contributed by atoms with Crippen LogP contribution in [0.4, 0.5) is 5.82 Å². The SMILES string of the molecule is CC/C(C)=N\Nc1ccc(S(=O)(=O)N(CC)CC)cn1. The molecule has 0 radical (unpaired) electrons. The molecular weight excluding hydrogens is 276 g/mol. The van der Waals surface area contributed by atoms with E-state index in [2.05, 4.69) is 15.5 Å². The van der Waals surface area contributed by atoms with Gasteiger partial charge in [0.25, 0.3) is 0 Å². The summed E-state index contributed by atoms with van der Waals surface area (Å²) in [4.78, 5) is 4.28. The first-order chi connectivity index (χ1) is 9.45. The van der Waals surface area contributed by atoms with E-state index >= 15 is 0 Å². The largest absolute Gasteiger partial charge is 0.261 e. The van der Waals surface area contributed by atoms with Crippen molar-refractivity contribution in [2.45, 2.75) is 39.0 Å². The number of anilines is 1. The van der Waals surface area contributed by atoms with Gasteiger partial charge in [0.1, 0.15) is 10.7 Å². The van der Waals surface area contributed by atoms with Gasteiger partial charge in [0.2, 0.25) is 10.0 Å². The smallest absolute Gasteiger partial charge is 0.244 e. The van der Waals surface area contributed by atoms with E-state index in [-0.39, 0.29) is 4.90 Å². The van der Waals surface area contributed by atoms with E-state index in [1.165, 1.54) is 10.5 Å². The molecule has 20 heavy (non-hydrogen) atoms. The predicted octanol–water partition coefficient (Wildman–Crippen LogP) is 2.31. The first kappa shape index (κ1) is 16.6. The zero-order valence-corrected chi connectivity index (χ0v) is 13.2. The fourth-order valence-corrected chi connectivity index (χ4v) is 2.95. The molecule has 1 N–H and O–H groups in total. The minimum absolute atomic E-state index is 0.197. The van der Waals surface area contributed by atoms with Gasteiger partial charge in [-0.1, -0.05) is 20.8 Å². The molecule has 0 unspecified atom stereocenters. The number of sulfonamides is 1. The fraction of sp³-hybridized carbons (Fsp3) is 0.538. The summed E-state index contributed by atoms with van der Waals surface area (Å²) in [7, 11) is -3.45. The number of nitrogens with one attached hydrogen (secondary N) is 1. The Bertz CT molecular complexity index is 548. The molecule has 0 spiro atoms. The molecule has 1 rings (SSSR count). The van der Waals surface area contributed by atoms with Crippen molar-refractivity contribution >= 4 is 21.6 Å². The monoisotopic (exact) mass is 298 g/mol. The van der Waals surface area contributed by atoms with Crippen molar-refractivity contribution in [2.75, 3.05) is 18.5 Å². The normalized spacial score (nSPS) is 12.8. The van der Waals surface area contributed by atoms with Crippen molar-refractivity contribution in [3.8, 4) is 0 Å². The molecule has 0 atom stereocenters. The number of hydrogen-bond acceptors (Lipinski definition) is 5. The standard InChI is InChI=1S/C13H22N4O2S/c1-5-11(4)15-16-13-9-8-12(10-14-13)20(18,19)17(6-2)7-3/h8-10H,5-7H2,1-4H3,(H,14,16)/b15-11-. The van der Waals surface area contributed by atoms with Crippen LogP contribution in [0.1, 0.15) is 34.1 Å². The summed E-state index contributed by atoms with van der Waals surface area (Å²) in [5, 5.41) is 4.12. The van der Waals surface area contributed by atoms with Crippen molar-refractivity contribution < 1.29 is 8.42 Å². The molecular formula is C13H22N4O2S. The molecule has 0 saturated heterocycles. The fourth-order valence-electron chi connectivity index (χ4n) is 1.54. The summed E-state index contributed by atoms with van der Waals surface area (Å²) in [6.45, 7) is 8.43. The Hall–Kier alpha value is -1.47. The third-order valence-electron chi connectivity index (χ3n) is 2.95. The van der Waals surface area contributed by atoms with E-state index in [9.17, 15) is 8.42 Å². The Morgan fingerprint density at radius 1 is 1.30 bits per heavy atom. The van der Waals surface area contributed by atoms with Crippen LogP contribution >= 0.6 is 0 Å². The third kappa shape index (κ3) is 4.01. The third-order valence-corrected chi connectivity index (χ3v) is 4.99. The lowest BCUT2D eigenvalue weighted by atomic mass is 10.3. The molecule has 0 aliphatic carbocycles. The summed E-state index contributed by atoms with van der Waals surface area (Å²) < 4.78 is 25.9. The number of nitrogens with zero attached hydrogens (tertiary/aromatic N) is 3. The highest BCUT2D eigenvalue weighted by molar-refractivity contribution is 7.89. The summed E-state index contributed by atoms with van der Waals surface area (Å²) in [6.07, 6.45) is 2.20. The molecule has 0 fully saturated rings. The van der Waals surface area contributed by atoms with Gasteiger partial charge in [-0.05, 0) is 25.5 Å². The Labute approximate surface area is 121 Å². The Morgan fingerprint density at radius 2 is 1.95 bits per heavy atom. The van der Waals surface area contributed by atoms with Gasteiger partial charge in [-0.2, -0.15) is 9.41 Å². The summed E-state index contributed by atoms with van der Waals surface area (Å²) in [6, 6.07) is 3.16. The molecule has 0 amide bonds.